The molecule has 0 aromatic carbocycles. The van der Waals surface area contributed by atoms with Crippen LogP contribution < -0.4 is 5.32 Å². The summed E-state index contributed by atoms with van der Waals surface area (Å²) in [7, 11) is 2.29. The predicted molar refractivity (Wildman–Crippen MR) is 71.9 cm³/mol. The molecule has 1 saturated carbocycles. The molecule has 0 radical (unpaired) electrons. The fourth-order valence-electron chi connectivity index (χ4n) is 2.42. The number of hydrogen-bond donors (Lipinski definition) is 1. The van der Waals surface area contributed by atoms with Gasteiger partial charge in [-0.05, 0) is 59.0 Å². The van der Waals surface area contributed by atoms with Gasteiger partial charge in [0.25, 0.3) is 0 Å². The van der Waals surface area contributed by atoms with E-state index in [1.54, 1.807) is 0 Å². The minimum Gasteiger partial charge on any atom is -0.314 e. The molecular weight excluding hydrogens is 196 g/mol. The molecule has 0 bridgehead atoms. The molecule has 96 valence electrons. The molecule has 0 saturated heterocycles. The number of nitrogens with zero attached hydrogens (tertiary/aromatic N) is 1. The summed E-state index contributed by atoms with van der Waals surface area (Å²) in [4.78, 5) is 2.57. The smallest absolute Gasteiger partial charge is 0.00897 e. The summed E-state index contributed by atoms with van der Waals surface area (Å²) < 4.78 is 0. The first kappa shape index (κ1) is 14.0. The normalized spacial score (nSPS) is 18.4. The average molecular weight is 226 g/mol. The summed E-state index contributed by atoms with van der Waals surface area (Å²) in [6.45, 7) is 8.18. The third-order valence-electron chi connectivity index (χ3n) is 4.02. The molecule has 1 fully saturated rings. The molecule has 0 heterocycles. The Balaban J connectivity index is 2.08. The van der Waals surface area contributed by atoms with Crippen molar-refractivity contribution in [1.82, 2.24) is 10.2 Å². The van der Waals surface area contributed by atoms with Crippen molar-refractivity contribution in [2.24, 2.45) is 0 Å². The summed E-state index contributed by atoms with van der Waals surface area (Å²) in [5.74, 6) is 0. The highest BCUT2D eigenvalue weighted by Crippen LogP contribution is 2.19. The molecule has 1 aliphatic carbocycles. The van der Waals surface area contributed by atoms with Gasteiger partial charge in [0.05, 0.1) is 0 Å². The molecule has 0 spiro atoms. The summed E-state index contributed by atoms with van der Waals surface area (Å²) in [6.07, 6.45) is 8.01. The average Bonchev–Trinajstić information content (AvgIpc) is 3.09. The van der Waals surface area contributed by atoms with E-state index in [1.165, 1.54) is 45.1 Å². The molecule has 0 aromatic heterocycles. The van der Waals surface area contributed by atoms with E-state index in [1.807, 2.05) is 0 Å². The number of hydrogen-bond acceptors (Lipinski definition) is 2. The van der Waals surface area contributed by atoms with Crippen molar-refractivity contribution in [2.45, 2.75) is 77.4 Å². The van der Waals surface area contributed by atoms with Gasteiger partial charge in [0.2, 0.25) is 0 Å². The van der Waals surface area contributed by atoms with Gasteiger partial charge in [-0.1, -0.05) is 13.8 Å². The molecule has 2 nitrogen and oxygen atoms in total. The molecule has 1 atom stereocenters. The van der Waals surface area contributed by atoms with E-state index in [0.717, 1.165) is 18.1 Å². The van der Waals surface area contributed by atoms with E-state index >= 15 is 0 Å². The monoisotopic (exact) mass is 226 g/mol. The van der Waals surface area contributed by atoms with Crippen LogP contribution in [-0.2, 0) is 0 Å². The first-order valence-corrected chi connectivity index (χ1v) is 7.14. The number of rotatable bonds is 9. The van der Waals surface area contributed by atoms with Gasteiger partial charge in [-0.3, -0.25) is 0 Å². The van der Waals surface area contributed by atoms with Crippen LogP contribution in [0.2, 0.25) is 0 Å². The van der Waals surface area contributed by atoms with E-state index in [9.17, 15) is 0 Å². The highest BCUT2D eigenvalue weighted by atomic mass is 15.1. The fraction of sp³-hybridized carbons (Fsp3) is 1.00. The maximum absolute atomic E-state index is 3.59. The second-order valence-electron chi connectivity index (χ2n) is 5.36. The van der Waals surface area contributed by atoms with Crippen LogP contribution in [0.3, 0.4) is 0 Å². The Morgan fingerprint density at radius 2 is 1.88 bits per heavy atom. The summed E-state index contributed by atoms with van der Waals surface area (Å²) in [5, 5.41) is 3.59. The maximum atomic E-state index is 3.59. The molecule has 0 aromatic rings. The lowest BCUT2D eigenvalue weighted by atomic mass is 10.1. The largest absolute Gasteiger partial charge is 0.314 e. The Kier molecular flexibility index (Phi) is 6.37. The van der Waals surface area contributed by atoms with E-state index in [-0.39, 0.29) is 0 Å². The predicted octanol–water partition coefficient (Wildman–Crippen LogP) is 3.03. The second kappa shape index (κ2) is 7.29. The molecule has 1 rings (SSSR count). The molecular formula is C14H30N2. The minimum atomic E-state index is 0.728. The van der Waals surface area contributed by atoms with Crippen molar-refractivity contribution >= 4 is 0 Å². The van der Waals surface area contributed by atoms with Crippen LogP contribution in [0.15, 0.2) is 0 Å². The molecule has 1 aliphatic rings. The van der Waals surface area contributed by atoms with Crippen LogP contribution in [0.4, 0.5) is 0 Å². The van der Waals surface area contributed by atoms with Crippen LogP contribution in [0.5, 0.6) is 0 Å². The van der Waals surface area contributed by atoms with Crippen molar-refractivity contribution in [3.8, 4) is 0 Å². The van der Waals surface area contributed by atoms with Crippen LogP contribution >= 0.6 is 0 Å². The van der Waals surface area contributed by atoms with Crippen molar-refractivity contribution in [3.63, 3.8) is 0 Å². The lowest BCUT2D eigenvalue weighted by Crippen LogP contribution is -2.38. The molecule has 0 amide bonds. The quantitative estimate of drug-likeness (QED) is 0.608. The van der Waals surface area contributed by atoms with Gasteiger partial charge >= 0.3 is 0 Å². The highest BCUT2D eigenvalue weighted by molar-refractivity contribution is 4.81. The van der Waals surface area contributed by atoms with Crippen molar-refractivity contribution < 1.29 is 0 Å². The van der Waals surface area contributed by atoms with Gasteiger partial charge < -0.3 is 10.2 Å². The maximum Gasteiger partial charge on any atom is 0.00897 e. The van der Waals surface area contributed by atoms with Gasteiger partial charge in [0.15, 0.2) is 0 Å². The van der Waals surface area contributed by atoms with Gasteiger partial charge in [0.1, 0.15) is 0 Å². The molecule has 1 unspecified atom stereocenters. The van der Waals surface area contributed by atoms with Gasteiger partial charge in [0, 0.05) is 18.1 Å². The SMILES string of the molecule is CCC(CC)N(C)C(C)CCCNC1CC1. The van der Waals surface area contributed by atoms with Gasteiger partial charge in [-0.25, -0.2) is 0 Å². The van der Waals surface area contributed by atoms with E-state index in [0.29, 0.717) is 0 Å². The fourth-order valence-corrected chi connectivity index (χ4v) is 2.42. The molecule has 1 N–H and O–H groups in total. The van der Waals surface area contributed by atoms with Crippen molar-refractivity contribution in [1.29, 1.82) is 0 Å². The second-order valence-corrected chi connectivity index (χ2v) is 5.36. The lowest BCUT2D eigenvalue weighted by Gasteiger charge is -2.32. The number of nitrogens with one attached hydrogen (secondary N) is 1. The topological polar surface area (TPSA) is 15.3 Å². The molecule has 0 aliphatic heterocycles. The summed E-state index contributed by atoms with van der Waals surface area (Å²) in [6, 6.07) is 2.37. The van der Waals surface area contributed by atoms with Crippen LogP contribution in [-0.4, -0.2) is 36.6 Å². The van der Waals surface area contributed by atoms with Crippen molar-refractivity contribution in [2.75, 3.05) is 13.6 Å². The minimum absolute atomic E-state index is 0.728. The summed E-state index contributed by atoms with van der Waals surface area (Å²) >= 11 is 0. The highest BCUT2D eigenvalue weighted by Gasteiger charge is 2.20. The van der Waals surface area contributed by atoms with E-state index in [2.05, 4.69) is 38.0 Å². The first-order chi connectivity index (χ1) is 7.69. The zero-order valence-electron chi connectivity index (χ0n) is 11.6. The van der Waals surface area contributed by atoms with Crippen LogP contribution in [0.1, 0.15) is 59.3 Å². The van der Waals surface area contributed by atoms with Gasteiger partial charge in [-0.2, -0.15) is 0 Å². The Hall–Kier alpha value is -0.0800. The standard InChI is InChI=1S/C14H30N2/c1-5-14(6-2)16(4)12(3)8-7-11-15-13-9-10-13/h12-15H,5-11H2,1-4H3. The van der Waals surface area contributed by atoms with Crippen LogP contribution in [0.25, 0.3) is 0 Å². The lowest BCUT2D eigenvalue weighted by molar-refractivity contribution is 0.165. The zero-order chi connectivity index (χ0) is 12.0. The van der Waals surface area contributed by atoms with Crippen LogP contribution in [0, 0.1) is 0 Å². The van der Waals surface area contributed by atoms with E-state index in [4.69, 9.17) is 0 Å². The Bertz CT molecular complexity index is 174. The Morgan fingerprint density at radius 1 is 1.25 bits per heavy atom. The molecule has 16 heavy (non-hydrogen) atoms. The van der Waals surface area contributed by atoms with Crippen molar-refractivity contribution in [3.05, 3.63) is 0 Å². The molecule has 2 heteroatoms. The Morgan fingerprint density at radius 3 is 2.38 bits per heavy atom. The first-order valence-electron chi connectivity index (χ1n) is 7.14. The third kappa shape index (κ3) is 4.84. The Labute approximate surface area is 102 Å². The third-order valence-corrected chi connectivity index (χ3v) is 4.02. The summed E-state index contributed by atoms with van der Waals surface area (Å²) in [5.41, 5.74) is 0. The van der Waals surface area contributed by atoms with E-state index < -0.39 is 0 Å². The zero-order valence-corrected chi connectivity index (χ0v) is 11.6. The van der Waals surface area contributed by atoms with Gasteiger partial charge in [-0.15, -0.1) is 0 Å².